The zero-order valence-corrected chi connectivity index (χ0v) is 19.6. The van der Waals surface area contributed by atoms with E-state index in [-0.39, 0.29) is 11.8 Å². The van der Waals surface area contributed by atoms with Gasteiger partial charge in [0.05, 0.1) is 5.69 Å². The number of carbonyl (C=O) groups is 2. The first-order chi connectivity index (χ1) is 16.7. The molecule has 0 saturated heterocycles. The largest absolute Gasteiger partial charge is 0.352 e. The Morgan fingerprint density at radius 3 is 2.56 bits per heavy atom. The zero-order valence-electron chi connectivity index (χ0n) is 18.7. The van der Waals surface area contributed by atoms with Crippen LogP contribution in [0.1, 0.15) is 36.0 Å². The number of nitrogens with one attached hydrogen (secondary N) is 2. The van der Waals surface area contributed by atoms with Crippen molar-refractivity contribution in [2.45, 2.75) is 25.7 Å². The van der Waals surface area contributed by atoms with Crippen LogP contribution in [0.4, 0.5) is 5.69 Å². The number of thiazole rings is 1. The van der Waals surface area contributed by atoms with Gasteiger partial charge < -0.3 is 10.6 Å². The van der Waals surface area contributed by atoms with Crippen LogP contribution in [0.2, 0.25) is 0 Å². The summed E-state index contributed by atoms with van der Waals surface area (Å²) >= 11 is 1.57. The molecule has 172 valence electrons. The topological polar surface area (TPSA) is 84.0 Å². The molecule has 2 amide bonds. The predicted molar refractivity (Wildman–Crippen MR) is 137 cm³/mol. The van der Waals surface area contributed by atoms with Crippen LogP contribution in [0.25, 0.3) is 21.8 Å². The molecule has 6 nitrogen and oxygen atoms in total. The Labute approximate surface area is 203 Å². The molecule has 4 rings (SSSR count). The van der Waals surface area contributed by atoms with E-state index in [9.17, 15) is 9.59 Å². The summed E-state index contributed by atoms with van der Waals surface area (Å²) in [4.78, 5) is 33.3. The van der Waals surface area contributed by atoms with E-state index < -0.39 is 0 Å². The fraction of sp³-hybridized carbons (Fsp3) is 0.185. The third-order valence-electron chi connectivity index (χ3n) is 5.26. The molecule has 34 heavy (non-hydrogen) atoms. The van der Waals surface area contributed by atoms with Gasteiger partial charge in [-0.15, -0.1) is 11.3 Å². The molecule has 2 N–H and O–H groups in total. The molecule has 0 spiro atoms. The Balaban J connectivity index is 1.20. The second-order valence-electron chi connectivity index (χ2n) is 7.84. The molecule has 2 heterocycles. The maximum atomic E-state index is 12.4. The lowest BCUT2D eigenvalue weighted by Gasteiger charge is -2.07. The molecular formula is C27H26N4O2S. The van der Waals surface area contributed by atoms with E-state index in [0.717, 1.165) is 46.8 Å². The fourth-order valence-corrected chi connectivity index (χ4v) is 4.31. The highest BCUT2D eigenvalue weighted by Crippen LogP contribution is 2.29. The number of anilines is 1. The van der Waals surface area contributed by atoms with Gasteiger partial charge in [-0.1, -0.05) is 36.8 Å². The Morgan fingerprint density at radius 2 is 1.74 bits per heavy atom. The van der Waals surface area contributed by atoms with Crippen LogP contribution in [-0.2, 0) is 4.79 Å². The van der Waals surface area contributed by atoms with Gasteiger partial charge in [0.15, 0.2) is 0 Å². The molecule has 0 radical (unpaired) electrons. The van der Waals surface area contributed by atoms with Gasteiger partial charge >= 0.3 is 0 Å². The van der Waals surface area contributed by atoms with Crippen molar-refractivity contribution in [1.29, 1.82) is 0 Å². The van der Waals surface area contributed by atoms with Gasteiger partial charge in [0.2, 0.25) is 5.91 Å². The zero-order chi connectivity index (χ0) is 23.6. The number of aromatic nitrogens is 2. The lowest BCUT2D eigenvalue weighted by molar-refractivity contribution is -0.116. The van der Waals surface area contributed by atoms with Gasteiger partial charge in [0.25, 0.3) is 5.91 Å². The van der Waals surface area contributed by atoms with E-state index >= 15 is 0 Å². The Kier molecular flexibility index (Phi) is 8.13. The van der Waals surface area contributed by atoms with Crippen LogP contribution in [-0.4, -0.2) is 28.3 Å². The van der Waals surface area contributed by atoms with Crippen molar-refractivity contribution in [2.75, 3.05) is 11.9 Å². The highest BCUT2D eigenvalue weighted by atomic mass is 32.1. The van der Waals surface area contributed by atoms with Gasteiger partial charge in [0, 0.05) is 53.1 Å². The molecule has 2 aromatic carbocycles. The van der Waals surface area contributed by atoms with Crippen LogP contribution >= 0.6 is 11.3 Å². The van der Waals surface area contributed by atoms with Gasteiger partial charge in [0.1, 0.15) is 5.01 Å². The van der Waals surface area contributed by atoms with Crippen molar-refractivity contribution >= 4 is 28.8 Å². The molecule has 0 saturated carbocycles. The molecule has 0 aliphatic carbocycles. The quantitative estimate of drug-likeness (QED) is 0.287. The molecular weight excluding hydrogens is 444 g/mol. The van der Waals surface area contributed by atoms with E-state index in [2.05, 4.69) is 15.6 Å². The monoisotopic (exact) mass is 470 g/mol. The first kappa shape index (κ1) is 23.3. The van der Waals surface area contributed by atoms with Gasteiger partial charge in [-0.2, -0.15) is 0 Å². The van der Waals surface area contributed by atoms with E-state index in [4.69, 9.17) is 4.98 Å². The lowest BCUT2D eigenvalue weighted by atomic mass is 10.1. The van der Waals surface area contributed by atoms with Crippen molar-refractivity contribution in [3.05, 3.63) is 90.1 Å². The van der Waals surface area contributed by atoms with Crippen LogP contribution in [0.15, 0.2) is 84.5 Å². The van der Waals surface area contributed by atoms with Crippen LogP contribution in [0, 0.1) is 0 Å². The summed E-state index contributed by atoms with van der Waals surface area (Å²) in [6, 6.07) is 20.8. The second kappa shape index (κ2) is 11.9. The number of carbonyl (C=O) groups excluding carboxylic acids is 2. The predicted octanol–water partition coefficient (Wildman–Crippen LogP) is 5.80. The molecule has 0 fully saturated rings. The molecule has 0 aliphatic rings. The molecule has 7 heteroatoms. The summed E-state index contributed by atoms with van der Waals surface area (Å²) < 4.78 is 0. The maximum absolute atomic E-state index is 12.4. The van der Waals surface area contributed by atoms with E-state index in [1.54, 1.807) is 35.9 Å². The normalized spacial score (nSPS) is 10.6. The summed E-state index contributed by atoms with van der Waals surface area (Å²) in [5.74, 6) is -0.0781. The highest BCUT2D eigenvalue weighted by molar-refractivity contribution is 7.13. The first-order valence-corrected chi connectivity index (χ1v) is 12.2. The minimum Gasteiger partial charge on any atom is -0.352 e. The molecule has 0 unspecified atom stereocenters. The average molecular weight is 471 g/mol. The van der Waals surface area contributed by atoms with Crippen LogP contribution < -0.4 is 10.6 Å². The number of benzene rings is 2. The summed E-state index contributed by atoms with van der Waals surface area (Å²) in [7, 11) is 0. The minimum atomic E-state index is -0.0640. The summed E-state index contributed by atoms with van der Waals surface area (Å²) in [5, 5.41) is 8.82. The second-order valence-corrected chi connectivity index (χ2v) is 8.70. The Hall–Kier alpha value is -3.84. The maximum Gasteiger partial charge on any atom is 0.251 e. The third-order valence-corrected chi connectivity index (χ3v) is 6.15. The number of unbranched alkanes of at least 4 members (excludes halogenated alkanes) is 2. The number of amides is 2. The lowest BCUT2D eigenvalue weighted by Crippen LogP contribution is -2.24. The van der Waals surface area contributed by atoms with E-state index in [1.807, 2.05) is 60.0 Å². The number of rotatable bonds is 10. The third kappa shape index (κ3) is 6.59. The Bertz CT molecular complexity index is 1230. The number of hydrogen-bond donors (Lipinski definition) is 2. The summed E-state index contributed by atoms with van der Waals surface area (Å²) in [6.07, 6.45) is 6.47. The standard InChI is InChI=1S/C27H26N4O2S/c32-25(14-5-2-6-16-29-26(33)20-9-3-1-4-10-20)30-23-13-7-11-21(17-23)24-19-34-27(31-24)22-12-8-15-28-18-22/h1,3-4,7-13,15,17-19H,2,5-6,14,16H2,(H,29,33)(H,30,32). The van der Waals surface area contributed by atoms with Crippen molar-refractivity contribution < 1.29 is 9.59 Å². The van der Waals surface area contributed by atoms with Crippen molar-refractivity contribution in [2.24, 2.45) is 0 Å². The van der Waals surface area contributed by atoms with Crippen molar-refractivity contribution in [1.82, 2.24) is 15.3 Å². The number of nitrogens with zero attached hydrogens (tertiary/aromatic N) is 2. The SMILES string of the molecule is O=C(CCCCCNC(=O)c1ccccc1)Nc1cccc(-c2csc(-c3cccnc3)n2)c1. The van der Waals surface area contributed by atoms with Crippen molar-refractivity contribution in [3.8, 4) is 21.8 Å². The highest BCUT2D eigenvalue weighted by Gasteiger charge is 2.09. The van der Waals surface area contributed by atoms with Gasteiger partial charge in [-0.05, 0) is 49.2 Å². The Morgan fingerprint density at radius 1 is 0.882 bits per heavy atom. The van der Waals surface area contributed by atoms with Gasteiger partial charge in [-0.25, -0.2) is 4.98 Å². The molecule has 0 aliphatic heterocycles. The van der Waals surface area contributed by atoms with Crippen molar-refractivity contribution in [3.63, 3.8) is 0 Å². The fourth-order valence-electron chi connectivity index (χ4n) is 3.49. The first-order valence-electron chi connectivity index (χ1n) is 11.3. The smallest absolute Gasteiger partial charge is 0.251 e. The molecule has 0 bridgehead atoms. The van der Waals surface area contributed by atoms with E-state index in [1.165, 1.54) is 0 Å². The average Bonchev–Trinajstić information content (AvgIpc) is 3.38. The van der Waals surface area contributed by atoms with Crippen LogP contribution in [0.5, 0.6) is 0 Å². The summed E-state index contributed by atoms with van der Waals surface area (Å²) in [5.41, 5.74) is 4.24. The summed E-state index contributed by atoms with van der Waals surface area (Å²) in [6.45, 7) is 0.603. The van der Waals surface area contributed by atoms with Gasteiger partial charge in [-0.3, -0.25) is 14.6 Å². The van der Waals surface area contributed by atoms with E-state index in [0.29, 0.717) is 18.5 Å². The number of hydrogen-bond acceptors (Lipinski definition) is 5. The minimum absolute atomic E-state index is 0.0141. The molecule has 0 atom stereocenters. The number of pyridine rings is 1. The molecule has 4 aromatic rings. The molecule has 2 aromatic heterocycles. The van der Waals surface area contributed by atoms with Crippen LogP contribution in [0.3, 0.4) is 0 Å².